The second kappa shape index (κ2) is 4.38. The van der Waals surface area contributed by atoms with E-state index in [1.807, 2.05) is 0 Å². The van der Waals surface area contributed by atoms with Crippen LogP contribution in [0.1, 0.15) is 51.4 Å². The molecule has 1 atom stereocenters. The zero-order valence-electron chi connectivity index (χ0n) is 9.24. The maximum atomic E-state index is 11.4. The van der Waals surface area contributed by atoms with Crippen LogP contribution in [-0.2, 0) is 4.79 Å². The summed E-state index contributed by atoms with van der Waals surface area (Å²) in [5.74, 6) is -0.270. The highest BCUT2D eigenvalue weighted by Crippen LogP contribution is 2.50. The van der Waals surface area contributed by atoms with Gasteiger partial charge in [0, 0.05) is 0 Å². The number of rotatable bonds is 2. The molecule has 1 N–H and O–H groups in total. The second-order valence-electron chi connectivity index (χ2n) is 4.99. The Bertz CT molecular complexity index is 264. The van der Waals surface area contributed by atoms with Gasteiger partial charge in [0.15, 0.2) is 0 Å². The summed E-state index contributed by atoms with van der Waals surface area (Å²) in [5, 5.41) is 9.36. The largest absolute Gasteiger partial charge is 0.481 e. The molecule has 0 aromatic rings. The molecule has 15 heavy (non-hydrogen) atoms. The van der Waals surface area contributed by atoms with Crippen LogP contribution < -0.4 is 0 Å². The first-order valence-corrected chi connectivity index (χ1v) is 6.16. The summed E-state index contributed by atoms with van der Waals surface area (Å²) in [4.78, 5) is 11.4. The van der Waals surface area contributed by atoms with Gasteiger partial charge in [-0.1, -0.05) is 31.4 Å². The van der Waals surface area contributed by atoms with Crippen molar-refractivity contribution in [2.75, 3.05) is 0 Å². The molecule has 0 radical (unpaired) electrons. The van der Waals surface area contributed by atoms with E-state index in [2.05, 4.69) is 12.2 Å². The zero-order valence-corrected chi connectivity index (χ0v) is 9.24. The summed E-state index contributed by atoms with van der Waals surface area (Å²) in [7, 11) is 0. The molecule has 0 amide bonds. The molecule has 0 heterocycles. The Morgan fingerprint density at radius 2 is 2.00 bits per heavy atom. The molecule has 2 rings (SSSR count). The maximum absolute atomic E-state index is 11.4. The van der Waals surface area contributed by atoms with Crippen LogP contribution in [0.25, 0.3) is 0 Å². The summed E-state index contributed by atoms with van der Waals surface area (Å²) < 4.78 is 0. The van der Waals surface area contributed by atoms with Crippen molar-refractivity contribution in [1.82, 2.24) is 0 Å². The summed E-state index contributed by atoms with van der Waals surface area (Å²) in [5.41, 5.74) is -0.395. The Hall–Kier alpha value is -0.790. The van der Waals surface area contributed by atoms with Crippen molar-refractivity contribution in [2.45, 2.75) is 51.4 Å². The molecule has 0 bridgehead atoms. The molecule has 0 spiro atoms. The van der Waals surface area contributed by atoms with Crippen molar-refractivity contribution in [1.29, 1.82) is 0 Å². The van der Waals surface area contributed by atoms with Gasteiger partial charge in [-0.15, -0.1) is 0 Å². The van der Waals surface area contributed by atoms with Crippen molar-refractivity contribution in [3.05, 3.63) is 12.2 Å². The Labute approximate surface area is 91.4 Å². The van der Waals surface area contributed by atoms with Crippen molar-refractivity contribution >= 4 is 5.97 Å². The Balaban J connectivity index is 2.11. The van der Waals surface area contributed by atoms with Crippen molar-refractivity contribution < 1.29 is 9.90 Å². The third-order valence-electron chi connectivity index (χ3n) is 4.14. The van der Waals surface area contributed by atoms with E-state index in [0.29, 0.717) is 5.92 Å². The van der Waals surface area contributed by atoms with E-state index >= 15 is 0 Å². The van der Waals surface area contributed by atoms with Gasteiger partial charge in [0.05, 0.1) is 5.41 Å². The van der Waals surface area contributed by atoms with E-state index in [-0.39, 0.29) is 0 Å². The zero-order chi connectivity index (χ0) is 10.7. The Morgan fingerprint density at radius 3 is 2.60 bits per heavy atom. The molecule has 2 heteroatoms. The van der Waals surface area contributed by atoms with Crippen molar-refractivity contribution in [3.63, 3.8) is 0 Å². The smallest absolute Gasteiger partial charge is 0.310 e. The first-order valence-electron chi connectivity index (χ1n) is 6.16. The number of carboxylic acids is 1. The third-order valence-corrected chi connectivity index (χ3v) is 4.14. The lowest BCUT2D eigenvalue weighted by Crippen LogP contribution is -2.44. The van der Waals surface area contributed by atoms with Gasteiger partial charge in [-0.25, -0.2) is 0 Å². The van der Waals surface area contributed by atoms with E-state index in [0.717, 1.165) is 32.1 Å². The minimum Gasteiger partial charge on any atom is -0.481 e. The second-order valence-corrected chi connectivity index (χ2v) is 4.99. The topological polar surface area (TPSA) is 37.3 Å². The fourth-order valence-electron chi connectivity index (χ4n) is 2.92. The van der Waals surface area contributed by atoms with Gasteiger partial charge in [0.25, 0.3) is 0 Å². The summed E-state index contributed by atoms with van der Waals surface area (Å²) in [6.07, 6.45) is 13.2. The van der Waals surface area contributed by atoms with E-state index in [4.69, 9.17) is 0 Å². The number of hydrogen-bond donors (Lipinski definition) is 1. The molecular weight excluding hydrogens is 188 g/mol. The molecule has 2 nitrogen and oxygen atoms in total. The van der Waals surface area contributed by atoms with Crippen LogP contribution in [0, 0.1) is 11.3 Å². The van der Waals surface area contributed by atoms with Crippen LogP contribution in [0.4, 0.5) is 0 Å². The molecule has 0 aliphatic heterocycles. The van der Waals surface area contributed by atoms with Gasteiger partial charge in [-0.05, 0) is 38.0 Å². The van der Waals surface area contributed by atoms with Crippen LogP contribution in [0.3, 0.4) is 0 Å². The SMILES string of the molecule is O=C(O)C1(C2/C=C\CCCCC2)CCC1. The molecule has 0 aromatic carbocycles. The summed E-state index contributed by atoms with van der Waals surface area (Å²) in [6.45, 7) is 0. The minimum atomic E-state index is -0.566. The molecule has 2 aliphatic carbocycles. The van der Waals surface area contributed by atoms with Crippen LogP contribution in [0.2, 0.25) is 0 Å². The van der Waals surface area contributed by atoms with Crippen LogP contribution in [-0.4, -0.2) is 11.1 Å². The van der Waals surface area contributed by atoms with E-state index < -0.39 is 11.4 Å². The molecule has 1 saturated carbocycles. The Morgan fingerprint density at radius 1 is 1.20 bits per heavy atom. The fourth-order valence-corrected chi connectivity index (χ4v) is 2.92. The summed E-state index contributed by atoms with van der Waals surface area (Å²) >= 11 is 0. The minimum absolute atomic E-state index is 0.295. The fraction of sp³-hybridized carbons (Fsp3) is 0.769. The van der Waals surface area contributed by atoms with Crippen LogP contribution >= 0.6 is 0 Å². The lowest BCUT2D eigenvalue weighted by atomic mass is 9.59. The molecule has 2 aliphatic rings. The summed E-state index contributed by atoms with van der Waals surface area (Å²) in [6, 6.07) is 0. The molecular formula is C13H20O2. The highest BCUT2D eigenvalue weighted by molar-refractivity contribution is 5.76. The molecule has 1 fully saturated rings. The molecule has 1 unspecified atom stereocenters. The number of aliphatic carboxylic acids is 1. The van der Waals surface area contributed by atoms with Crippen LogP contribution in [0.15, 0.2) is 12.2 Å². The quantitative estimate of drug-likeness (QED) is 0.706. The van der Waals surface area contributed by atoms with Gasteiger partial charge < -0.3 is 5.11 Å². The highest BCUT2D eigenvalue weighted by Gasteiger charge is 2.49. The molecule has 0 saturated heterocycles. The Kier molecular flexibility index (Phi) is 3.13. The number of hydrogen-bond acceptors (Lipinski definition) is 1. The van der Waals surface area contributed by atoms with Crippen LogP contribution in [0.5, 0.6) is 0 Å². The average Bonchev–Trinajstić information content (AvgIpc) is 2.05. The van der Waals surface area contributed by atoms with Gasteiger partial charge in [-0.3, -0.25) is 4.79 Å². The standard InChI is InChI=1S/C13H20O2/c14-12(15)13(9-6-10-13)11-7-4-2-1-3-5-8-11/h4,7,11H,1-3,5-6,8-10H2,(H,14,15)/b7-4-. The average molecular weight is 208 g/mol. The maximum Gasteiger partial charge on any atom is 0.310 e. The first kappa shape index (κ1) is 10.7. The number of allylic oxidation sites excluding steroid dienone is 2. The lowest BCUT2D eigenvalue weighted by Gasteiger charge is -2.43. The third kappa shape index (κ3) is 1.95. The number of carbonyl (C=O) groups is 1. The van der Waals surface area contributed by atoms with Gasteiger partial charge in [0.1, 0.15) is 0 Å². The molecule has 84 valence electrons. The first-order chi connectivity index (χ1) is 7.26. The van der Waals surface area contributed by atoms with Gasteiger partial charge in [-0.2, -0.15) is 0 Å². The predicted molar refractivity (Wildman–Crippen MR) is 59.6 cm³/mol. The monoisotopic (exact) mass is 208 g/mol. The van der Waals surface area contributed by atoms with E-state index in [1.165, 1.54) is 19.3 Å². The van der Waals surface area contributed by atoms with E-state index in [9.17, 15) is 9.90 Å². The normalized spacial score (nSPS) is 32.1. The van der Waals surface area contributed by atoms with E-state index in [1.54, 1.807) is 0 Å². The van der Waals surface area contributed by atoms with Crippen molar-refractivity contribution in [3.8, 4) is 0 Å². The molecule has 0 aromatic heterocycles. The lowest BCUT2D eigenvalue weighted by molar-refractivity contribution is -0.158. The highest BCUT2D eigenvalue weighted by atomic mass is 16.4. The van der Waals surface area contributed by atoms with Gasteiger partial charge >= 0.3 is 5.97 Å². The van der Waals surface area contributed by atoms with Gasteiger partial charge in [0.2, 0.25) is 0 Å². The predicted octanol–water partition coefficient (Wildman–Crippen LogP) is 3.38. The van der Waals surface area contributed by atoms with Crippen molar-refractivity contribution in [2.24, 2.45) is 11.3 Å². The number of carboxylic acid groups (broad SMARTS) is 1.